The Hall–Kier alpha value is -3.58. The standard InChI is InChI=1S/2C22H19.C2H7Si.Zr/c2*1-15(2)18-13-17-9-6-12-21(22(17)14-18)20-11-5-8-16-7-3-4-10-19(16)20;1-3-2;/h2*3-15H,1-2H3;3H,1-2H3;. The molecule has 2 heteroatoms. The second kappa shape index (κ2) is 12.7. The van der Waals surface area contributed by atoms with Crippen molar-refractivity contribution in [1.29, 1.82) is 0 Å². The molecule has 0 saturated carbocycles. The zero-order valence-electron chi connectivity index (χ0n) is 29.1. The first kappa shape index (κ1) is 31.7. The van der Waals surface area contributed by atoms with Crippen molar-refractivity contribution in [1.82, 2.24) is 0 Å². The fourth-order valence-electron chi connectivity index (χ4n) is 8.82. The van der Waals surface area contributed by atoms with Crippen molar-refractivity contribution in [2.75, 3.05) is 0 Å². The molecule has 0 radical (unpaired) electrons. The fourth-order valence-corrected chi connectivity index (χ4v) is 32.1. The van der Waals surface area contributed by atoms with Crippen molar-refractivity contribution < 1.29 is 20.9 Å². The Labute approximate surface area is 295 Å². The predicted molar refractivity (Wildman–Crippen MR) is 209 cm³/mol. The minimum absolute atomic E-state index is 0.528. The van der Waals surface area contributed by atoms with E-state index in [1.54, 1.807) is 22.3 Å². The molecule has 0 heterocycles. The van der Waals surface area contributed by atoms with Crippen LogP contribution >= 0.6 is 0 Å². The molecule has 2 aliphatic carbocycles. The zero-order valence-corrected chi connectivity index (χ0v) is 32.7. The molecular weight excluding hydrogens is 672 g/mol. The molecule has 237 valence electrons. The quantitative estimate of drug-likeness (QED) is 0.144. The van der Waals surface area contributed by atoms with Crippen LogP contribution in [0.25, 0.3) is 56.0 Å². The van der Waals surface area contributed by atoms with Gasteiger partial charge in [0.15, 0.2) is 0 Å². The summed E-state index contributed by atoms with van der Waals surface area (Å²) in [6.07, 6.45) is 5.31. The summed E-state index contributed by atoms with van der Waals surface area (Å²) >= 11 is -2.28. The average Bonchev–Trinajstić information content (AvgIpc) is 3.68. The molecule has 0 bridgehead atoms. The first-order valence-electron chi connectivity index (χ1n) is 17.8. The third-order valence-corrected chi connectivity index (χ3v) is 32.6. The molecule has 6 aromatic carbocycles. The summed E-state index contributed by atoms with van der Waals surface area (Å²) in [7, 11) is 0. The number of fused-ring (bicyclic) bond motifs is 4. The molecule has 0 amide bonds. The van der Waals surface area contributed by atoms with Crippen LogP contribution in [0.4, 0.5) is 0 Å². The van der Waals surface area contributed by atoms with Crippen LogP contribution in [-0.2, 0) is 20.9 Å². The number of allylic oxidation sites excluding steroid dienone is 2. The summed E-state index contributed by atoms with van der Waals surface area (Å²) in [4.78, 5) is 0. The van der Waals surface area contributed by atoms with E-state index in [-0.39, 0.29) is 0 Å². The van der Waals surface area contributed by atoms with Gasteiger partial charge in [0, 0.05) is 0 Å². The molecule has 6 aromatic rings. The van der Waals surface area contributed by atoms with E-state index in [4.69, 9.17) is 0 Å². The Kier molecular flexibility index (Phi) is 8.38. The molecule has 0 aromatic heterocycles. The van der Waals surface area contributed by atoms with Crippen molar-refractivity contribution in [3.8, 4) is 22.3 Å². The van der Waals surface area contributed by atoms with Crippen LogP contribution in [0.1, 0.15) is 57.2 Å². The van der Waals surface area contributed by atoms with Crippen molar-refractivity contribution in [3.63, 3.8) is 0 Å². The Morgan fingerprint density at radius 2 is 0.833 bits per heavy atom. The maximum absolute atomic E-state index is 2.70. The van der Waals surface area contributed by atoms with Gasteiger partial charge in [-0.2, -0.15) is 0 Å². The summed E-state index contributed by atoms with van der Waals surface area (Å²) in [5.74, 6) is 0.0430. The van der Waals surface area contributed by atoms with E-state index in [1.807, 2.05) is 0 Å². The molecule has 2 aliphatic rings. The summed E-state index contributed by atoms with van der Waals surface area (Å²) in [5.41, 5.74) is 15.2. The van der Waals surface area contributed by atoms with Crippen LogP contribution in [0.2, 0.25) is 13.1 Å². The van der Waals surface area contributed by atoms with E-state index >= 15 is 0 Å². The monoisotopic (exact) mass is 715 g/mol. The van der Waals surface area contributed by atoms with Crippen molar-refractivity contribution in [2.24, 2.45) is 11.8 Å². The van der Waals surface area contributed by atoms with Crippen molar-refractivity contribution >= 4 is 39.6 Å². The van der Waals surface area contributed by atoms with Crippen LogP contribution in [0.15, 0.2) is 132 Å². The third-order valence-electron chi connectivity index (χ3n) is 11.0. The van der Waals surface area contributed by atoms with Gasteiger partial charge in [0.05, 0.1) is 0 Å². The summed E-state index contributed by atoms with van der Waals surface area (Å²) in [6, 6.07) is 46.0. The van der Waals surface area contributed by atoms with Crippen LogP contribution in [0, 0.1) is 11.8 Å². The molecule has 0 spiro atoms. The van der Waals surface area contributed by atoms with E-state index in [1.165, 1.54) is 54.9 Å². The first-order chi connectivity index (χ1) is 23.3. The Morgan fingerprint density at radius 1 is 0.458 bits per heavy atom. The van der Waals surface area contributed by atoms with E-state index in [2.05, 4.69) is 174 Å². The van der Waals surface area contributed by atoms with Crippen LogP contribution in [-0.4, -0.2) is 5.92 Å². The SMILES string of the molecule is CC(C)C1=Cc2c(-c3cccc4ccccc34)cccc2[CH]1[Zr]([CH]1C(C(C)C)=Cc2c(-c3cccc4ccccc34)cccc21)[SiH](C)C. The second-order valence-corrected chi connectivity index (χ2v) is 34.9. The topological polar surface area (TPSA) is 0 Å². The third kappa shape index (κ3) is 5.19. The van der Waals surface area contributed by atoms with E-state index in [9.17, 15) is 0 Å². The normalized spacial score (nSPS) is 16.9. The van der Waals surface area contributed by atoms with Gasteiger partial charge < -0.3 is 0 Å². The molecule has 0 nitrogen and oxygen atoms in total. The van der Waals surface area contributed by atoms with Crippen LogP contribution in [0.5, 0.6) is 0 Å². The predicted octanol–water partition coefficient (Wildman–Crippen LogP) is 12.8. The molecule has 2 atom stereocenters. The number of benzene rings is 6. The molecular formula is C46H45SiZr. The molecule has 48 heavy (non-hydrogen) atoms. The van der Waals surface area contributed by atoms with Crippen molar-refractivity contribution in [3.05, 3.63) is 155 Å². The van der Waals surface area contributed by atoms with Gasteiger partial charge in [-0.1, -0.05) is 0 Å². The van der Waals surface area contributed by atoms with Gasteiger partial charge >= 0.3 is 297 Å². The molecule has 2 unspecified atom stereocenters. The van der Waals surface area contributed by atoms with Crippen molar-refractivity contribution in [2.45, 2.75) is 48.0 Å². The Bertz CT molecular complexity index is 2080. The number of hydrogen-bond donors (Lipinski definition) is 0. The van der Waals surface area contributed by atoms with Crippen LogP contribution in [0.3, 0.4) is 0 Å². The Morgan fingerprint density at radius 3 is 1.25 bits per heavy atom. The van der Waals surface area contributed by atoms with E-state index in [0.717, 1.165) is 0 Å². The molecule has 0 saturated heterocycles. The fraction of sp³-hybridized carbons (Fsp3) is 0.217. The molecule has 0 fully saturated rings. The van der Waals surface area contributed by atoms with Gasteiger partial charge in [-0.25, -0.2) is 0 Å². The van der Waals surface area contributed by atoms with Crippen LogP contribution < -0.4 is 0 Å². The summed E-state index contributed by atoms with van der Waals surface area (Å²) in [6.45, 7) is 15.2. The van der Waals surface area contributed by atoms with Gasteiger partial charge in [0.25, 0.3) is 0 Å². The summed E-state index contributed by atoms with van der Waals surface area (Å²) in [5, 5.41) is 5.34. The van der Waals surface area contributed by atoms with Gasteiger partial charge in [0.2, 0.25) is 0 Å². The van der Waals surface area contributed by atoms with E-state index < -0.39 is 26.8 Å². The molecule has 0 aliphatic heterocycles. The Balaban J connectivity index is 1.31. The van der Waals surface area contributed by atoms with Gasteiger partial charge in [0.1, 0.15) is 0 Å². The average molecular weight is 717 g/mol. The summed E-state index contributed by atoms with van der Waals surface area (Å²) < 4.78 is 1.23. The molecule has 0 N–H and O–H groups in total. The van der Waals surface area contributed by atoms with Gasteiger partial charge in [-0.15, -0.1) is 0 Å². The second-order valence-electron chi connectivity index (χ2n) is 14.8. The van der Waals surface area contributed by atoms with E-state index in [0.29, 0.717) is 19.1 Å². The zero-order chi connectivity index (χ0) is 33.1. The van der Waals surface area contributed by atoms with Gasteiger partial charge in [-0.3, -0.25) is 0 Å². The molecule has 8 rings (SSSR count). The number of rotatable bonds is 7. The maximum atomic E-state index is 2.70. The first-order valence-corrected chi connectivity index (χ1v) is 27.8. The number of hydrogen-bond acceptors (Lipinski definition) is 0. The minimum atomic E-state index is -2.28. The van der Waals surface area contributed by atoms with Gasteiger partial charge in [-0.05, 0) is 0 Å².